The lowest BCUT2D eigenvalue weighted by molar-refractivity contribution is -0.143. The number of aromatic nitrogens is 1. The van der Waals surface area contributed by atoms with Crippen LogP contribution in [-0.2, 0) is 9.53 Å². The van der Waals surface area contributed by atoms with Crippen LogP contribution in [0.1, 0.15) is 27.5 Å². The molecule has 1 aliphatic rings. The molecule has 0 aliphatic heterocycles. The summed E-state index contributed by atoms with van der Waals surface area (Å²) in [6.45, 7) is 0. The van der Waals surface area contributed by atoms with Crippen molar-refractivity contribution in [2.45, 2.75) is 5.92 Å². The zero-order valence-electron chi connectivity index (χ0n) is 12.9. The number of halogens is 1. The Morgan fingerprint density at radius 2 is 1.83 bits per heavy atom. The molecule has 0 saturated carbocycles. The molecule has 0 saturated heterocycles. The van der Waals surface area contributed by atoms with Crippen LogP contribution in [0.25, 0.3) is 10.9 Å². The van der Waals surface area contributed by atoms with Gasteiger partial charge in [-0.05, 0) is 29.3 Å². The summed E-state index contributed by atoms with van der Waals surface area (Å²) in [6.07, 6.45) is 0. The highest BCUT2D eigenvalue weighted by atomic mass is 19.1. The third-order valence-corrected chi connectivity index (χ3v) is 4.60. The fraction of sp³-hybridized carbons (Fsp3) is 0.158. The first-order chi connectivity index (χ1) is 11.6. The van der Waals surface area contributed by atoms with Gasteiger partial charge in [0.25, 0.3) is 0 Å². The molecule has 4 rings (SSSR count). The van der Waals surface area contributed by atoms with Crippen molar-refractivity contribution in [1.29, 1.82) is 0 Å². The second-order valence-electron chi connectivity index (χ2n) is 5.85. The van der Waals surface area contributed by atoms with E-state index in [4.69, 9.17) is 4.74 Å². The molecule has 2 aromatic carbocycles. The third-order valence-electron chi connectivity index (χ3n) is 4.60. The molecule has 0 bridgehead atoms. The number of rotatable bonds is 2. The first-order valence-electron chi connectivity index (χ1n) is 7.60. The van der Waals surface area contributed by atoms with Crippen molar-refractivity contribution >= 4 is 22.7 Å². The van der Waals surface area contributed by atoms with Gasteiger partial charge in [-0.2, -0.15) is 0 Å². The van der Waals surface area contributed by atoms with Gasteiger partial charge in [0.2, 0.25) is 0 Å². The van der Waals surface area contributed by atoms with Gasteiger partial charge in [-0.1, -0.05) is 30.3 Å². The van der Waals surface area contributed by atoms with Gasteiger partial charge >= 0.3 is 5.97 Å². The van der Waals surface area contributed by atoms with E-state index in [1.807, 2.05) is 24.3 Å². The van der Waals surface area contributed by atoms with Gasteiger partial charge in [0.15, 0.2) is 5.78 Å². The fourth-order valence-electron chi connectivity index (χ4n) is 3.55. The largest absolute Gasteiger partial charge is 0.468 e. The highest BCUT2D eigenvalue weighted by molar-refractivity contribution is 6.16. The molecule has 1 N–H and O–H groups in total. The monoisotopic (exact) mass is 323 g/mol. The second-order valence-corrected chi connectivity index (χ2v) is 5.85. The lowest BCUT2D eigenvalue weighted by atomic mass is 9.84. The maximum atomic E-state index is 13.3. The summed E-state index contributed by atoms with van der Waals surface area (Å²) in [5.74, 6) is -2.68. The van der Waals surface area contributed by atoms with Crippen molar-refractivity contribution in [3.05, 3.63) is 71.2 Å². The summed E-state index contributed by atoms with van der Waals surface area (Å²) in [4.78, 5) is 28.2. The SMILES string of the molecule is COC(=O)[C@H]1C(=O)c2[nH]c3ccccc3c2[C@@H]1c1ccc(F)cc1. The highest BCUT2D eigenvalue weighted by Crippen LogP contribution is 2.46. The Kier molecular flexibility index (Phi) is 3.23. The Hall–Kier alpha value is -2.95. The number of H-pyrrole nitrogens is 1. The molecule has 1 aromatic heterocycles. The molecule has 2 atom stereocenters. The zero-order chi connectivity index (χ0) is 16.8. The molecule has 0 fully saturated rings. The van der Waals surface area contributed by atoms with E-state index in [9.17, 15) is 14.0 Å². The van der Waals surface area contributed by atoms with E-state index in [-0.39, 0.29) is 11.6 Å². The second kappa shape index (κ2) is 5.30. The number of nitrogens with one attached hydrogen (secondary N) is 1. The first-order valence-corrected chi connectivity index (χ1v) is 7.60. The van der Waals surface area contributed by atoms with Crippen LogP contribution >= 0.6 is 0 Å². The molecular weight excluding hydrogens is 309 g/mol. The standard InChI is InChI=1S/C19H14FNO3/c1-24-19(23)16-14(10-6-8-11(20)9-7-10)15-12-4-2-3-5-13(12)21-17(15)18(16)22/h2-9,14,16,21H,1H3/t14-,16+/m0/s1. The molecular formula is C19H14FNO3. The molecule has 0 spiro atoms. The Labute approximate surface area is 137 Å². The summed E-state index contributed by atoms with van der Waals surface area (Å²) in [5, 5.41) is 0.890. The summed E-state index contributed by atoms with van der Waals surface area (Å²) in [5.41, 5.74) is 2.76. The quantitative estimate of drug-likeness (QED) is 0.581. The van der Waals surface area contributed by atoms with Crippen molar-refractivity contribution < 1.29 is 18.7 Å². The topological polar surface area (TPSA) is 59.2 Å². The number of esters is 1. The number of benzene rings is 2. The van der Waals surface area contributed by atoms with Crippen LogP contribution in [0.2, 0.25) is 0 Å². The average molecular weight is 323 g/mol. The number of fused-ring (bicyclic) bond motifs is 3. The van der Waals surface area contributed by atoms with Gasteiger partial charge in [0.1, 0.15) is 11.7 Å². The van der Waals surface area contributed by atoms with E-state index in [0.29, 0.717) is 11.3 Å². The number of ether oxygens (including phenoxy) is 1. The maximum absolute atomic E-state index is 13.3. The van der Waals surface area contributed by atoms with E-state index in [0.717, 1.165) is 16.5 Å². The van der Waals surface area contributed by atoms with E-state index in [1.54, 1.807) is 12.1 Å². The Morgan fingerprint density at radius 1 is 1.12 bits per heavy atom. The molecule has 4 nitrogen and oxygen atoms in total. The number of Topliss-reactive ketones (excluding diaryl/α,β-unsaturated/α-hetero) is 1. The number of ketones is 1. The third kappa shape index (κ3) is 1.98. The number of hydrogen-bond donors (Lipinski definition) is 1. The summed E-state index contributed by atoms with van der Waals surface area (Å²) >= 11 is 0. The number of carbonyl (C=O) groups excluding carboxylic acids is 2. The predicted octanol–water partition coefficient (Wildman–Crippen LogP) is 3.42. The predicted molar refractivity (Wildman–Crippen MR) is 86.4 cm³/mol. The average Bonchev–Trinajstić information content (AvgIpc) is 3.11. The number of methoxy groups -OCH3 is 1. The summed E-state index contributed by atoms with van der Waals surface area (Å²) in [7, 11) is 1.27. The zero-order valence-corrected chi connectivity index (χ0v) is 12.9. The number of hydrogen-bond acceptors (Lipinski definition) is 3. The van der Waals surface area contributed by atoms with Crippen LogP contribution in [0.4, 0.5) is 4.39 Å². The summed E-state index contributed by atoms with van der Waals surface area (Å²) < 4.78 is 18.1. The number of aromatic amines is 1. The molecule has 120 valence electrons. The molecule has 5 heteroatoms. The molecule has 1 heterocycles. The molecule has 0 radical (unpaired) electrons. The van der Waals surface area contributed by atoms with E-state index < -0.39 is 17.8 Å². The smallest absolute Gasteiger partial charge is 0.317 e. The van der Waals surface area contributed by atoms with Gasteiger partial charge in [-0.25, -0.2) is 4.39 Å². The van der Waals surface area contributed by atoms with Crippen LogP contribution in [0.5, 0.6) is 0 Å². The van der Waals surface area contributed by atoms with Crippen LogP contribution in [0, 0.1) is 11.7 Å². The van der Waals surface area contributed by atoms with Crippen molar-refractivity contribution in [2.24, 2.45) is 5.92 Å². The van der Waals surface area contributed by atoms with E-state index in [1.165, 1.54) is 19.2 Å². The lowest BCUT2D eigenvalue weighted by Gasteiger charge is -2.18. The minimum Gasteiger partial charge on any atom is -0.468 e. The highest BCUT2D eigenvalue weighted by Gasteiger charge is 2.47. The lowest BCUT2D eigenvalue weighted by Crippen LogP contribution is -2.26. The minimum atomic E-state index is -0.952. The fourth-order valence-corrected chi connectivity index (χ4v) is 3.55. The van der Waals surface area contributed by atoms with Gasteiger partial charge in [-0.3, -0.25) is 9.59 Å². The minimum absolute atomic E-state index is 0.289. The van der Waals surface area contributed by atoms with Crippen molar-refractivity contribution in [1.82, 2.24) is 4.98 Å². The van der Waals surface area contributed by atoms with E-state index in [2.05, 4.69) is 4.98 Å². The van der Waals surface area contributed by atoms with Gasteiger partial charge in [0, 0.05) is 16.8 Å². The van der Waals surface area contributed by atoms with Crippen molar-refractivity contribution in [2.75, 3.05) is 7.11 Å². The van der Waals surface area contributed by atoms with Gasteiger partial charge in [0.05, 0.1) is 12.8 Å². The van der Waals surface area contributed by atoms with Crippen LogP contribution in [-0.4, -0.2) is 23.8 Å². The van der Waals surface area contributed by atoms with Crippen molar-refractivity contribution in [3.63, 3.8) is 0 Å². The Morgan fingerprint density at radius 3 is 2.54 bits per heavy atom. The van der Waals surface area contributed by atoms with Crippen LogP contribution in [0.15, 0.2) is 48.5 Å². The van der Waals surface area contributed by atoms with Gasteiger partial charge < -0.3 is 9.72 Å². The number of carbonyl (C=O) groups is 2. The molecule has 24 heavy (non-hydrogen) atoms. The maximum Gasteiger partial charge on any atom is 0.317 e. The number of para-hydroxylation sites is 1. The van der Waals surface area contributed by atoms with Crippen LogP contribution < -0.4 is 0 Å². The van der Waals surface area contributed by atoms with Crippen LogP contribution in [0.3, 0.4) is 0 Å². The normalized spacial score (nSPS) is 19.5. The molecule has 1 aliphatic carbocycles. The molecule has 0 amide bonds. The first kappa shape index (κ1) is 14.6. The molecule has 0 unspecified atom stereocenters. The Balaban J connectivity index is 1.98. The molecule has 3 aromatic rings. The van der Waals surface area contributed by atoms with Crippen molar-refractivity contribution in [3.8, 4) is 0 Å². The van der Waals surface area contributed by atoms with Gasteiger partial charge in [-0.15, -0.1) is 0 Å². The Bertz CT molecular complexity index is 958. The van der Waals surface area contributed by atoms with E-state index >= 15 is 0 Å². The summed E-state index contributed by atoms with van der Waals surface area (Å²) in [6, 6.07) is 13.4.